The van der Waals surface area contributed by atoms with Crippen LogP contribution in [0.15, 0.2) is 17.1 Å². The van der Waals surface area contributed by atoms with Crippen LogP contribution in [0.25, 0.3) is 0 Å². The second-order valence-corrected chi connectivity index (χ2v) is 3.66. The molecule has 4 nitrogen and oxygen atoms in total. The highest BCUT2D eigenvalue weighted by atomic mass is 16.4. The Bertz CT molecular complexity index is 434. The molecule has 0 bridgehead atoms. The molecule has 0 radical (unpaired) electrons. The molecule has 4 heteroatoms. The number of rotatable bonds is 3. The predicted octanol–water partition coefficient (Wildman–Crippen LogP) is 1.83. The van der Waals surface area contributed by atoms with Crippen molar-refractivity contribution in [3.63, 3.8) is 0 Å². The summed E-state index contributed by atoms with van der Waals surface area (Å²) in [7, 11) is 0. The maximum Gasteiger partial charge on any atom is 0.341 e. The number of carbonyl (C=O) groups is 1. The minimum absolute atomic E-state index is 0.166. The van der Waals surface area contributed by atoms with Crippen molar-refractivity contribution in [3.05, 3.63) is 33.7 Å². The fraction of sp³-hybridized carbons (Fsp3) is 0.455. The van der Waals surface area contributed by atoms with E-state index in [1.165, 1.54) is 12.3 Å². The summed E-state index contributed by atoms with van der Waals surface area (Å²) in [4.78, 5) is 22.1. The zero-order valence-electron chi connectivity index (χ0n) is 9.15. The quantitative estimate of drug-likeness (QED) is 0.826. The first-order valence-electron chi connectivity index (χ1n) is 4.93. The van der Waals surface area contributed by atoms with E-state index >= 15 is 0 Å². The molecule has 0 aliphatic rings. The summed E-state index contributed by atoms with van der Waals surface area (Å²) in [5, 5.41) is 8.82. The Morgan fingerprint density at radius 2 is 2.20 bits per heavy atom. The molecule has 1 aromatic heterocycles. The van der Waals surface area contributed by atoms with Gasteiger partial charge in [0, 0.05) is 24.0 Å². The standard InChI is InChI=1S/C11H15NO3/c1-4-7(2)12-6-9(11(14)15)10(13)5-8(12)3/h5-7H,4H2,1-3H3,(H,14,15)/t7-/m0/s1. The van der Waals surface area contributed by atoms with Gasteiger partial charge in [0.25, 0.3) is 0 Å². The van der Waals surface area contributed by atoms with Crippen LogP contribution in [0, 0.1) is 6.92 Å². The second kappa shape index (κ2) is 4.29. The molecule has 82 valence electrons. The fourth-order valence-corrected chi connectivity index (χ4v) is 1.48. The summed E-state index contributed by atoms with van der Waals surface area (Å²) in [6.45, 7) is 5.81. The number of pyridine rings is 1. The Balaban J connectivity index is 3.36. The lowest BCUT2D eigenvalue weighted by Gasteiger charge is -2.17. The molecule has 1 N–H and O–H groups in total. The van der Waals surface area contributed by atoms with E-state index < -0.39 is 11.4 Å². The van der Waals surface area contributed by atoms with E-state index in [2.05, 4.69) is 0 Å². The molecule has 0 spiro atoms. The first-order chi connectivity index (χ1) is 6.97. The molecule has 0 aromatic carbocycles. The molecule has 0 fully saturated rings. The van der Waals surface area contributed by atoms with Gasteiger partial charge in [0.2, 0.25) is 0 Å². The number of carboxylic acid groups (broad SMARTS) is 1. The number of nitrogens with zero attached hydrogens (tertiary/aromatic N) is 1. The Morgan fingerprint density at radius 1 is 1.60 bits per heavy atom. The van der Waals surface area contributed by atoms with Crippen molar-refractivity contribution in [3.8, 4) is 0 Å². The predicted molar refractivity (Wildman–Crippen MR) is 57.4 cm³/mol. The molecule has 0 unspecified atom stereocenters. The van der Waals surface area contributed by atoms with E-state index in [9.17, 15) is 9.59 Å². The van der Waals surface area contributed by atoms with Gasteiger partial charge >= 0.3 is 5.97 Å². The summed E-state index contributed by atoms with van der Waals surface area (Å²) in [6, 6.07) is 1.57. The third-order valence-corrected chi connectivity index (χ3v) is 2.58. The molecular weight excluding hydrogens is 194 g/mol. The molecule has 0 aliphatic heterocycles. The Kier molecular flexibility index (Phi) is 3.29. The van der Waals surface area contributed by atoms with Gasteiger partial charge in [-0.1, -0.05) is 6.92 Å². The molecule has 0 aliphatic carbocycles. The second-order valence-electron chi connectivity index (χ2n) is 3.66. The Morgan fingerprint density at radius 3 is 2.67 bits per heavy atom. The lowest BCUT2D eigenvalue weighted by Crippen LogP contribution is -2.20. The molecular formula is C11H15NO3. The van der Waals surface area contributed by atoms with Crippen LogP contribution in [0.3, 0.4) is 0 Å². The lowest BCUT2D eigenvalue weighted by atomic mass is 10.2. The first-order valence-corrected chi connectivity index (χ1v) is 4.93. The lowest BCUT2D eigenvalue weighted by molar-refractivity contribution is 0.0694. The van der Waals surface area contributed by atoms with Crippen molar-refractivity contribution in [2.45, 2.75) is 33.2 Å². The van der Waals surface area contributed by atoms with Crippen LogP contribution in [0.4, 0.5) is 0 Å². The fourth-order valence-electron chi connectivity index (χ4n) is 1.48. The van der Waals surface area contributed by atoms with Gasteiger partial charge in [-0.25, -0.2) is 4.79 Å². The number of aromatic nitrogens is 1. The average Bonchev–Trinajstić information content (AvgIpc) is 2.16. The molecule has 1 atom stereocenters. The summed E-state index contributed by atoms with van der Waals surface area (Å²) >= 11 is 0. The van der Waals surface area contributed by atoms with Gasteiger partial charge in [0.05, 0.1) is 0 Å². The van der Waals surface area contributed by atoms with Crippen molar-refractivity contribution < 1.29 is 9.90 Å². The van der Waals surface area contributed by atoms with Crippen LogP contribution >= 0.6 is 0 Å². The van der Waals surface area contributed by atoms with Gasteiger partial charge < -0.3 is 9.67 Å². The maximum absolute atomic E-state index is 11.4. The highest BCUT2D eigenvalue weighted by molar-refractivity contribution is 5.87. The average molecular weight is 209 g/mol. The Hall–Kier alpha value is -1.58. The minimum atomic E-state index is -1.17. The molecule has 0 saturated heterocycles. The molecule has 1 rings (SSSR count). The van der Waals surface area contributed by atoms with E-state index in [4.69, 9.17) is 5.11 Å². The van der Waals surface area contributed by atoms with Crippen LogP contribution in [0.5, 0.6) is 0 Å². The minimum Gasteiger partial charge on any atom is -0.477 e. The van der Waals surface area contributed by atoms with Crippen molar-refractivity contribution in [1.29, 1.82) is 0 Å². The van der Waals surface area contributed by atoms with Gasteiger partial charge in [-0.15, -0.1) is 0 Å². The van der Waals surface area contributed by atoms with Crippen molar-refractivity contribution in [2.24, 2.45) is 0 Å². The van der Waals surface area contributed by atoms with E-state index in [0.717, 1.165) is 12.1 Å². The van der Waals surface area contributed by atoms with E-state index in [-0.39, 0.29) is 11.6 Å². The molecule has 0 amide bonds. The van der Waals surface area contributed by atoms with Gasteiger partial charge in [0.1, 0.15) is 5.56 Å². The molecule has 0 saturated carbocycles. The number of hydrogen-bond acceptors (Lipinski definition) is 2. The summed E-state index contributed by atoms with van der Waals surface area (Å²) in [6.07, 6.45) is 2.32. The zero-order chi connectivity index (χ0) is 11.6. The van der Waals surface area contributed by atoms with Crippen LogP contribution in [0.1, 0.15) is 42.4 Å². The van der Waals surface area contributed by atoms with Crippen LogP contribution in [0.2, 0.25) is 0 Å². The molecule has 15 heavy (non-hydrogen) atoms. The smallest absolute Gasteiger partial charge is 0.341 e. The number of carboxylic acids is 1. The monoisotopic (exact) mass is 209 g/mol. The van der Waals surface area contributed by atoms with E-state index in [1.54, 1.807) is 6.92 Å². The van der Waals surface area contributed by atoms with Crippen molar-refractivity contribution in [1.82, 2.24) is 4.57 Å². The zero-order valence-corrected chi connectivity index (χ0v) is 9.15. The van der Waals surface area contributed by atoms with E-state index in [1.807, 2.05) is 18.4 Å². The van der Waals surface area contributed by atoms with Gasteiger partial charge in [0.15, 0.2) is 5.43 Å². The molecule has 1 heterocycles. The normalized spacial score (nSPS) is 12.5. The number of aryl methyl sites for hydroxylation is 1. The van der Waals surface area contributed by atoms with Crippen LogP contribution in [-0.4, -0.2) is 15.6 Å². The first kappa shape index (κ1) is 11.5. The summed E-state index contributed by atoms with van der Waals surface area (Å²) in [5.74, 6) is -1.17. The highest BCUT2D eigenvalue weighted by Gasteiger charge is 2.12. The number of hydrogen-bond donors (Lipinski definition) is 1. The van der Waals surface area contributed by atoms with Crippen molar-refractivity contribution in [2.75, 3.05) is 0 Å². The molecule has 1 aromatic rings. The van der Waals surface area contributed by atoms with Crippen LogP contribution in [-0.2, 0) is 0 Å². The van der Waals surface area contributed by atoms with E-state index in [0.29, 0.717) is 0 Å². The Labute approximate surface area is 88.2 Å². The SMILES string of the molecule is CC[C@H](C)n1cc(C(=O)O)c(=O)cc1C. The highest BCUT2D eigenvalue weighted by Crippen LogP contribution is 2.12. The summed E-state index contributed by atoms with van der Waals surface area (Å²) in [5.41, 5.74) is 0.194. The van der Waals surface area contributed by atoms with Gasteiger partial charge in [-0.3, -0.25) is 4.79 Å². The maximum atomic E-state index is 11.4. The summed E-state index contributed by atoms with van der Waals surface area (Å²) < 4.78 is 1.82. The van der Waals surface area contributed by atoms with Crippen LogP contribution < -0.4 is 5.43 Å². The van der Waals surface area contributed by atoms with Crippen molar-refractivity contribution >= 4 is 5.97 Å². The number of aromatic carboxylic acids is 1. The topological polar surface area (TPSA) is 59.3 Å². The third kappa shape index (κ3) is 2.26. The van der Waals surface area contributed by atoms with Gasteiger partial charge in [-0.2, -0.15) is 0 Å². The van der Waals surface area contributed by atoms with Gasteiger partial charge in [-0.05, 0) is 20.3 Å². The largest absolute Gasteiger partial charge is 0.477 e. The third-order valence-electron chi connectivity index (χ3n) is 2.58.